The van der Waals surface area contributed by atoms with Crippen LogP contribution >= 0.6 is 0 Å². The average molecular weight is 356 g/mol. The van der Waals surface area contributed by atoms with Crippen LogP contribution in [-0.4, -0.2) is 28.1 Å². The van der Waals surface area contributed by atoms with E-state index in [1.54, 1.807) is 12.1 Å². The van der Waals surface area contributed by atoms with E-state index < -0.39 is 16.7 Å². The fourth-order valence-corrected chi connectivity index (χ4v) is 2.10. The average Bonchev–Trinajstić information content (AvgIpc) is 2.63. The number of aryl methyl sites for hydroxylation is 1. The van der Waals surface area contributed by atoms with Gasteiger partial charge in [-0.25, -0.2) is 5.43 Å². The number of phenolic OH excluding ortho intramolecular Hbond substituents is 1. The predicted octanol–water partition coefficient (Wildman–Crippen LogP) is 1.95. The lowest BCUT2D eigenvalue weighted by Gasteiger charge is -2.08. The van der Waals surface area contributed by atoms with E-state index in [0.717, 1.165) is 30.0 Å². The van der Waals surface area contributed by atoms with Gasteiger partial charge >= 0.3 is 11.8 Å². The van der Waals surface area contributed by atoms with Gasteiger partial charge in [0.2, 0.25) is 0 Å². The number of phenols is 1. The van der Waals surface area contributed by atoms with Crippen molar-refractivity contribution < 1.29 is 19.6 Å². The summed E-state index contributed by atoms with van der Waals surface area (Å²) in [6, 6.07) is 10.4. The Morgan fingerprint density at radius 2 is 1.96 bits per heavy atom. The van der Waals surface area contributed by atoms with Gasteiger partial charge in [0.05, 0.1) is 11.1 Å². The molecule has 134 valence electrons. The lowest BCUT2D eigenvalue weighted by Crippen LogP contribution is -2.32. The van der Waals surface area contributed by atoms with Gasteiger partial charge in [-0.15, -0.1) is 0 Å². The number of hydrazone groups is 1. The summed E-state index contributed by atoms with van der Waals surface area (Å²) in [7, 11) is 0. The highest BCUT2D eigenvalue weighted by Crippen LogP contribution is 2.21. The summed E-state index contributed by atoms with van der Waals surface area (Å²) in [5.74, 6) is -2.18. The topological polar surface area (TPSA) is 134 Å². The van der Waals surface area contributed by atoms with Crippen molar-refractivity contribution >= 4 is 29.4 Å². The summed E-state index contributed by atoms with van der Waals surface area (Å²) in [5, 5.41) is 26.4. The summed E-state index contributed by atoms with van der Waals surface area (Å²) in [6.07, 6.45) is 1.69. The molecule has 26 heavy (non-hydrogen) atoms. The number of rotatable bonds is 5. The van der Waals surface area contributed by atoms with Gasteiger partial charge in [0.1, 0.15) is 5.75 Å². The van der Waals surface area contributed by atoms with Gasteiger partial charge in [-0.3, -0.25) is 19.7 Å². The SMILES string of the molecule is CCc1ccccc1NC(=O)C(=O)NN=Cc1cc([N+](=O)[O-])ccc1O. The molecule has 9 heteroatoms. The highest BCUT2D eigenvalue weighted by molar-refractivity contribution is 6.39. The number of amides is 2. The minimum Gasteiger partial charge on any atom is -0.507 e. The molecule has 2 rings (SSSR count). The highest BCUT2D eigenvalue weighted by Gasteiger charge is 2.14. The molecule has 0 aliphatic carbocycles. The van der Waals surface area contributed by atoms with Crippen LogP contribution in [0.3, 0.4) is 0 Å². The van der Waals surface area contributed by atoms with E-state index in [1.807, 2.05) is 24.5 Å². The number of nitrogens with zero attached hydrogens (tertiary/aromatic N) is 2. The maximum absolute atomic E-state index is 11.9. The second-order valence-corrected chi connectivity index (χ2v) is 5.16. The number of nitro groups is 1. The molecule has 0 atom stereocenters. The van der Waals surface area contributed by atoms with E-state index in [1.165, 1.54) is 0 Å². The first-order valence-electron chi connectivity index (χ1n) is 7.62. The molecular formula is C17H16N4O5. The minimum atomic E-state index is -1.02. The van der Waals surface area contributed by atoms with Gasteiger partial charge < -0.3 is 10.4 Å². The number of nitro benzene ring substituents is 1. The maximum atomic E-state index is 11.9. The van der Waals surface area contributed by atoms with E-state index in [2.05, 4.69) is 10.4 Å². The lowest BCUT2D eigenvalue weighted by molar-refractivity contribution is -0.384. The molecule has 3 N–H and O–H groups in total. The van der Waals surface area contributed by atoms with Crippen LogP contribution in [0.5, 0.6) is 5.75 Å². The van der Waals surface area contributed by atoms with Crippen LogP contribution in [-0.2, 0) is 16.0 Å². The fourth-order valence-electron chi connectivity index (χ4n) is 2.10. The van der Waals surface area contributed by atoms with Crippen LogP contribution in [0.15, 0.2) is 47.6 Å². The van der Waals surface area contributed by atoms with Crippen molar-refractivity contribution in [2.24, 2.45) is 5.10 Å². The number of benzene rings is 2. The van der Waals surface area contributed by atoms with Crippen molar-refractivity contribution in [1.29, 1.82) is 0 Å². The van der Waals surface area contributed by atoms with Crippen LogP contribution in [0, 0.1) is 10.1 Å². The Labute approximate surface area is 148 Å². The maximum Gasteiger partial charge on any atom is 0.329 e. The molecular weight excluding hydrogens is 340 g/mol. The van der Waals surface area contributed by atoms with E-state index in [9.17, 15) is 24.8 Å². The summed E-state index contributed by atoms with van der Waals surface area (Å²) >= 11 is 0. The molecule has 0 aliphatic heterocycles. The number of hydrogen-bond acceptors (Lipinski definition) is 6. The van der Waals surface area contributed by atoms with Gasteiger partial charge in [0, 0.05) is 23.4 Å². The minimum absolute atomic E-state index is 0.0243. The number of non-ortho nitro benzene ring substituents is 1. The quantitative estimate of drug-likeness (QED) is 0.326. The van der Waals surface area contributed by atoms with Gasteiger partial charge in [-0.05, 0) is 24.1 Å². The van der Waals surface area contributed by atoms with Crippen LogP contribution < -0.4 is 10.7 Å². The van der Waals surface area contributed by atoms with Gasteiger partial charge in [-0.2, -0.15) is 5.10 Å². The number of nitrogens with one attached hydrogen (secondary N) is 2. The molecule has 2 amide bonds. The molecule has 0 aromatic heterocycles. The Balaban J connectivity index is 2.02. The van der Waals surface area contributed by atoms with Crippen LogP contribution in [0.2, 0.25) is 0 Å². The molecule has 2 aromatic rings. The Hall–Kier alpha value is -3.75. The Morgan fingerprint density at radius 1 is 1.23 bits per heavy atom. The Morgan fingerprint density at radius 3 is 2.65 bits per heavy atom. The molecule has 2 aromatic carbocycles. The summed E-state index contributed by atoms with van der Waals surface area (Å²) in [6.45, 7) is 1.92. The highest BCUT2D eigenvalue weighted by atomic mass is 16.6. The second-order valence-electron chi connectivity index (χ2n) is 5.16. The normalized spacial score (nSPS) is 10.5. The van der Waals surface area contributed by atoms with Crippen molar-refractivity contribution in [2.45, 2.75) is 13.3 Å². The largest absolute Gasteiger partial charge is 0.507 e. The first kappa shape index (κ1) is 18.6. The number of carbonyl (C=O) groups excluding carboxylic acids is 2. The van der Waals surface area contributed by atoms with Crippen molar-refractivity contribution in [3.05, 3.63) is 63.7 Å². The molecule has 0 radical (unpaired) electrons. The summed E-state index contributed by atoms with van der Waals surface area (Å²) in [4.78, 5) is 33.8. The number of anilines is 1. The van der Waals surface area contributed by atoms with Crippen molar-refractivity contribution in [3.8, 4) is 5.75 Å². The standard InChI is InChI=1S/C17H16N4O5/c1-2-11-5-3-4-6-14(11)19-16(23)17(24)20-18-10-12-9-13(21(25)26)7-8-15(12)22/h3-10,22H,2H2,1H3,(H,19,23)(H,20,24). The van der Waals surface area contributed by atoms with Crippen LogP contribution in [0.25, 0.3) is 0 Å². The zero-order chi connectivity index (χ0) is 19.1. The molecule has 0 bridgehead atoms. The molecule has 0 saturated carbocycles. The van der Waals surface area contributed by atoms with E-state index >= 15 is 0 Å². The molecule has 0 fully saturated rings. The first-order valence-corrected chi connectivity index (χ1v) is 7.62. The van der Waals surface area contributed by atoms with Crippen molar-refractivity contribution in [2.75, 3.05) is 5.32 Å². The van der Waals surface area contributed by atoms with Crippen LogP contribution in [0.1, 0.15) is 18.1 Å². The van der Waals surface area contributed by atoms with Crippen molar-refractivity contribution in [3.63, 3.8) is 0 Å². The monoisotopic (exact) mass is 356 g/mol. The summed E-state index contributed by atoms with van der Waals surface area (Å²) < 4.78 is 0. The number of para-hydroxylation sites is 1. The molecule has 9 nitrogen and oxygen atoms in total. The zero-order valence-corrected chi connectivity index (χ0v) is 13.8. The smallest absolute Gasteiger partial charge is 0.329 e. The number of aromatic hydroxyl groups is 1. The van der Waals surface area contributed by atoms with Gasteiger partial charge in [0.25, 0.3) is 5.69 Å². The van der Waals surface area contributed by atoms with Gasteiger partial charge in [-0.1, -0.05) is 25.1 Å². The Kier molecular flexibility index (Phi) is 5.99. The van der Waals surface area contributed by atoms with E-state index in [0.29, 0.717) is 12.1 Å². The fraction of sp³-hybridized carbons (Fsp3) is 0.118. The zero-order valence-electron chi connectivity index (χ0n) is 13.8. The van der Waals surface area contributed by atoms with Crippen LogP contribution in [0.4, 0.5) is 11.4 Å². The molecule has 0 heterocycles. The third-order valence-electron chi connectivity index (χ3n) is 3.44. The number of hydrogen-bond donors (Lipinski definition) is 3. The number of carbonyl (C=O) groups is 2. The molecule has 0 saturated heterocycles. The van der Waals surface area contributed by atoms with Crippen molar-refractivity contribution in [1.82, 2.24) is 5.43 Å². The second kappa shape index (κ2) is 8.38. The lowest BCUT2D eigenvalue weighted by atomic mass is 10.1. The molecule has 0 unspecified atom stereocenters. The molecule has 0 spiro atoms. The van der Waals surface area contributed by atoms with Gasteiger partial charge in [0.15, 0.2) is 0 Å². The van der Waals surface area contributed by atoms with E-state index in [4.69, 9.17) is 0 Å². The van der Waals surface area contributed by atoms with E-state index in [-0.39, 0.29) is 17.0 Å². The predicted molar refractivity (Wildman–Crippen MR) is 94.9 cm³/mol. The first-order chi connectivity index (χ1) is 12.4. The third kappa shape index (κ3) is 4.63. The summed E-state index contributed by atoms with van der Waals surface area (Å²) in [5.41, 5.74) is 3.18. The molecule has 0 aliphatic rings. The third-order valence-corrected chi connectivity index (χ3v) is 3.44. The Bertz CT molecular complexity index is 879.